The third-order valence-electron chi connectivity index (χ3n) is 4.88. The number of benzene rings is 1. The van der Waals surface area contributed by atoms with Crippen molar-refractivity contribution in [3.05, 3.63) is 48.2 Å². The summed E-state index contributed by atoms with van der Waals surface area (Å²) in [5, 5.41) is 6.62. The number of pyridine rings is 1. The Morgan fingerprint density at radius 2 is 1.87 bits per heavy atom. The van der Waals surface area contributed by atoms with Gasteiger partial charge < -0.3 is 25.0 Å². The zero-order valence-electron chi connectivity index (χ0n) is 17.9. The first kappa shape index (κ1) is 24.0. The van der Waals surface area contributed by atoms with Crippen molar-refractivity contribution >= 4 is 35.8 Å². The molecular formula is C22H32IN5O2. The van der Waals surface area contributed by atoms with Crippen LogP contribution in [0.25, 0.3) is 0 Å². The number of hydrogen-bond donors (Lipinski definition) is 2. The van der Waals surface area contributed by atoms with Gasteiger partial charge in [-0.25, -0.2) is 4.98 Å². The summed E-state index contributed by atoms with van der Waals surface area (Å²) in [5.74, 6) is 3.25. The highest BCUT2D eigenvalue weighted by molar-refractivity contribution is 14.0. The van der Waals surface area contributed by atoms with E-state index in [1.165, 1.54) is 12.8 Å². The van der Waals surface area contributed by atoms with Gasteiger partial charge in [-0.3, -0.25) is 4.99 Å². The lowest BCUT2D eigenvalue weighted by Gasteiger charge is -2.19. The number of methoxy groups -OCH3 is 1. The van der Waals surface area contributed by atoms with E-state index < -0.39 is 0 Å². The van der Waals surface area contributed by atoms with E-state index in [2.05, 4.69) is 37.6 Å². The number of guanidine groups is 1. The first-order valence-corrected chi connectivity index (χ1v) is 10.1. The van der Waals surface area contributed by atoms with Crippen LogP contribution >= 0.6 is 24.0 Å². The lowest BCUT2D eigenvalue weighted by atomic mass is 10.3. The summed E-state index contributed by atoms with van der Waals surface area (Å²) < 4.78 is 11.3. The number of para-hydroxylation sites is 2. The van der Waals surface area contributed by atoms with Gasteiger partial charge in [0.2, 0.25) is 0 Å². The Kier molecular flexibility index (Phi) is 9.99. The van der Waals surface area contributed by atoms with Crippen LogP contribution < -0.4 is 25.0 Å². The zero-order chi connectivity index (χ0) is 20.5. The van der Waals surface area contributed by atoms with Crippen LogP contribution in [0.15, 0.2) is 47.6 Å². The minimum Gasteiger partial charge on any atom is -0.493 e. The molecule has 3 rings (SSSR count). The molecule has 1 atom stereocenters. The molecule has 0 bridgehead atoms. The fraction of sp³-hybridized carbons (Fsp3) is 0.455. The smallest absolute Gasteiger partial charge is 0.191 e. The number of nitrogens with one attached hydrogen (secondary N) is 2. The van der Waals surface area contributed by atoms with Crippen LogP contribution in [0.5, 0.6) is 11.5 Å². The Bertz CT molecular complexity index is 794. The number of anilines is 1. The minimum atomic E-state index is -0.0498. The molecule has 1 aromatic heterocycles. The van der Waals surface area contributed by atoms with E-state index in [4.69, 9.17) is 9.47 Å². The van der Waals surface area contributed by atoms with Crippen LogP contribution in [0.2, 0.25) is 0 Å². The van der Waals surface area contributed by atoms with E-state index in [0.717, 1.165) is 41.9 Å². The number of halogens is 1. The Balaban J connectivity index is 0.00000320. The van der Waals surface area contributed by atoms with E-state index in [9.17, 15) is 0 Å². The molecule has 2 aromatic rings. The molecule has 1 aliphatic heterocycles. The van der Waals surface area contributed by atoms with Gasteiger partial charge in [0.1, 0.15) is 11.9 Å². The summed E-state index contributed by atoms with van der Waals surface area (Å²) in [4.78, 5) is 11.2. The molecule has 0 radical (unpaired) electrons. The molecule has 30 heavy (non-hydrogen) atoms. The summed E-state index contributed by atoms with van der Waals surface area (Å²) in [7, 11) is 3.40. The molecule has 1 aliphatic rings. The molecule has 7 nitrogen and oxygen atoms in total. The van der Waals surface area contributed by atoms with Gasteiger partial charge in [-0.1, -0.05) is 18.2 Å². The summed E-state index contributed by atoms with van der Waals surface area (Å²) >= 11 is 0. The molecule has 1 unspecified atom stereocenters. The van der Waals surface area contributed by atoms with E-state index in [1.807, 2.05) is 37.4 Å². The van der Waals surface area contributed by atoms with Crippen molar-refractivity contribution in [1.29, 1.82) is 0 Å². The molecule has 0 spiro atoms. The van der Waals surface area contributed by atoms with Crippen LogP contribution in [0, 0.1) is 0 Å². The fourth-order valence-corrected chi connectivity index (χ4v) is 3.28. The Morgan fingerprint density at radius 3 is 2.50 bits per heavy atom. The molecule has 164 valence electrons. The first-order chi connectivity index (χ1) is 14.2. The van der Waals surface area contributed by atoms with E-state index in [1.54, 1.807) is 14.2 Å². The van der Waals surface area contributed by atoms with E-state index in [-0.39, 0.29) is 30.1 Å². The second-order valence-electron chi connectivity index (χ2n) is 7.10. The molecule has 0 amide bonds. The van der Waals surface area contributed by atoms with Crippen molar-refractivity contribution in [1.82, 2.24) is 15.6 Å². The quantitative estimate of drug-likeness (QED) is 0.313. The van der Waals surface area contributed by atoms with Gasteiger partial charge in [-0.15, -0.1) is 24.0 Å². The average Bonchev–Trinajstić information content (AvgIpc) is 3.29. The third kappa shape index (κ3) is 6.93. The molecule has 1 fully saturated rings. The lowest BCUT2D eigenvalue weighted by molar-refractivity contribution is 0.213. The predicted molar refractivity (Wildman–Crippen MR) is 132 cm³/mol. The summed E-state index contributed by atoms with van der Waals surface area (Å²) in [6.07, 6.45) is 4.39. The van der Waals surface area contributed by atoms with Gasteiger partial charge in [-0.2, -0.15) is 0 Å². The minimum absolute atomic E-state index is 0. The standard InChI is InChI=1S/C22H31N5O2.HI/c1-17(29-20-9-5-4-8-19(20)28-3)14-25-22(23-2)26-16-18-10-11-21(24-15-18)27-12-6-7-13-27;/h4-5,8-11,15,17H,6-7,12-14,16H2,1-3H3,(H2,23,25,26);1H. The molecule has 1 aromatic carbocycles. The molecule has 0 saturated carbocycles. The Labute approximate surface area is 196 Å². The first-order valence-electron chi connectivity index (χ1n) is 10.1. The Morgan fingerprint density at radius 1 is 1.13 bits per heavy atom. The van der Waals surface area contributed by atoms with Crippen molar-refractivity contribution in [3.63, 3.8) is 0 Å². The topological polar surface area (TPSA) is 71.0 Å². The van der Waals surface area contributed by atoms with E-state index in [0.29, 0.717) is 13.1 Å². The Hall–Kier alpha value is -2.23. The molecular weight excluding hydrogens is 493 g/mol. The maximum absolute atomic E-state index is 5.97. The molecule has 0 aliphatic carbocycles. The molecule has 1 saturated heterocycles. The van der Waals surface area contributed by atoms with Crippen molar-refractivity contribution < 1.29 is 9.47 Å². The highest BCUT2D eigenvalue weighted by atomic mass is 127. The van der Waals surface area contributed by atoms with Gasteiger partial charge in [0.15, 0.2) is 17.5 Å². The fourth-order valence-electron chi connectivity index (χ4n) is 3.28. The highest BCUT2D eigenvalue weighted by Crippen LogP contribution is 2.26. The lowest BCUT2D eigenvalue weighted by Crippen LogP contribution is -2.41. The van der Waals surface area contributed by atoms with Gasteiger partial charge in [0, 0.05) is 32.9 Å². The number of ether oxygens (including phenoxy) is 2. The third-order valence-corrected chi connectivity index (χ3v) is 4.88. The molecule has 2 N–H and O–H groups in total. The van der Waals surface area contributed by atoms with Crippen LogP contribution in [0.1, 0.15) is 25.3 Å². The normalized spacial score (nSPS) is 14.6. The monoisotopic (exact) mass is 525 g/mol. The summed E-state index contributed by atoms with van der Waals surface area (Å²) in [6, 6.07) is 11.9. The predicted octanol–water partition coefficient (Wildman–Crippen LogP) is 3.44. The summed E-state index contributed by atoms with van der Waals surface area (Å²) in [6.45, 7) is 5.50. The number of aliphatic imine (C=N–C) groups is 1. The highest BCUT2D eigenvalue weighted by Gasteiger charge is 2.13. The van der Waals surface area contributed by atoms with Gasteiger partial charge in [-0.05, 0) is 43.5 Å². The van der Waals surface area contributed by atoms with Crippen molar-refractivity contribution in [3.8, 4) is 11.5 Å². The SMILES string of the molecule is CN=C(NCc1ccc(N2CCCC2)nc1)NCC(C)Oc1ccccc1OC.I. The number of nitrogens with zero attached hydrogens (tertiary/aromatic N) is 3. The second kappa shape index (κ2) is 12.5. The van der Waals surface area contributed by atoms with Gasteiger partial charge >= 0.3 is 0 Å². The number of hydrogen-bond acceptors (Lipinski definition) is 5. The second-order valence-corrected chi connectivity index (χ2v) is 7.10. The molecule has 8 heteroatoms. The van der Waals surface area contributed by atoms with Gasteiger partial charge in [0.25, 0.3) is 0 Å². The number of rotatable bonds is 8. The van der Waals surface area contributed by atoms with Crippen LogP contribution in [-0.2, 0) is 6.54 Å². The van der Waals surface area contributed by atoms with Crippen LogP contribution in [-0.4, -0.2) is 50.8 Å². The zero-order valence-corrected chi connectivity index (χ0v) is 20.3. The average molecular weight is 525 g/mol. The maximum atomic E-state index is 5.97. The van der Waals surface area contributed by atoms with Crippen molar-refractivity contribution in [2.45, 2.75) is 32.4 Å². The van der Waals surface area contributed by atoms with Crippen LogP contribution in [0.3, 0.4) is 0 Å². The molecule has 2 heterocycles. The van der Waals surface area contributed by atoms with E-state index >= 15 is 0 Å². The van der Waals surface area contributed by atoms with Gasteiger partial charge in [0.05, 0.1) is 13.7 Å². The maximum Gasteiger partial charge on any atom is 0.191 e. The van der Waals surface area contributed by atoms with Crippen molar-refractivity contribution in [2.75, 3.05) is 38.7 Å². The number of aromatic nitrogens is 1. The largest absolute Gasteiger partial charge is 0.493 e. The summed E-state index contributed by atoms with van der Waals surface area (Å²) in [5.41, 5.74) is 1.12. The van der Waals surface area contributed by atoms with Crippen molar-refractivity contribution in [2.24, 2.45) is 4.99 Å². The van der Waals surface area contributed by atoms with Crippen LogP contribution in [0.4, 0.5) is 5.82 Å².